The van der Waals surface area contributed by atoms with E-state index in [1.165, 1.54) is 42.9 Å². The third-order valence-corrected chi connectivity index (χ3v) is 6.01. The molecule has 0 radical (unpaired) electrons. The maximum absolute atomic E-state index is 12.5. The van der Waals surface area contributed by atoms with Crippen LogP contribution in [0.2, 0.25) is 0 Å². The molecule has 3 heterocycles. The van der Waals surface area contributed by atoms with Gasteiger partial charge in [-0.25, -0.2) is 28.1 Å². The lowest BCUT2D eigenvalue weighted by molar-refractivity contribution is 0.0237. The number of amides is 1. The standard InChI is InChI=1S/C21H21N5O5S/c27-20(15-2-7-19(24-14-15)31-17-8-12-30-13-9-17)25-16-3-5-18(6-4-16)32(28,29)26-21-22-10-1-11-23-21/h1-7,10-11,14,17H,8-9,12-13H2,(H,25,27)(H,22,23,26). The molecule has 2 N–H and O–H groups in total. The number of aromatic nitrogens is 3. The highest BCUT2D eigenvalue weighted by atomic mass is 32.2. The quantitative estimate of drug-likeness (QED) is 0.555. The highest BCUT2D eigenvalue weighted by Gasteiger charge is 2.17. The summed E-state index contributed by atoms with van der Waals surface area (Å²) in [4.78, 5) is 24.4. The van der Waals surface area contributed by atoms with E-state index in [0.29, 0.717) is 30.3 Å². The molecule has 1 aliphatic heterocycles. The number of anilines is 2. The van der Waals surface area contributed by atoms with Crippen LogP contribution in [0.15, 0.2) is 66.0 Å². The largest absolute Gasteiger partial charge is 0.474 e. The van der Waals surface area contributed by atoms with Gasteiger partial charge in [-0.1, -0.05) is 0 Å². The van der Waals surface area contributed by atoms with Crippen molar-refractivity contribution in [2.45, 2.75) is 23.8 Å². The fourth-order valence-corrected chi connectivity index (χ4v) is 3.96. The van der Waals surface area contributed by atoms with Crippen LogP contribution in [0.5, 0.6) is 5.88 Å². The monoisotopic (exact) mass is 455 g/mol. The Kier molecular flexibility index (Phi) is 6.57. The summed E-state index contributed by atoms with van der Waals surface area (Å²) in [5.41, 5.74) is 0.788. The lowest BCUT2D eigenvalue weighted by Gasteiger charge is -2.22. The van der Waals surface area contributed by atoms with Crippen molar-refractivity contribution < 1.29 is 22.7 Å². The molecular weight excluding hydrogens is 434 g/mol. The number of benzene rings is 1. The van der Waals surface area contributed by atoms with Crippen LogP contribution in [0.1, 0.15) is 23.2 Å². The normalized spacial score (nSPS) is 14.5. The molecule has 0 spiro atoms. The minimum absolute atomic E-state index is 0.0132. The van der Waals surface area contributed by atoms with Gasteiger partial charge in [0.15, 0.2) is 0 Å². The molecule has 1 aromatic carbocycles. The summed E-state index contributed by atoms with van der Waals surface area (Å²) >= 11 is 0. The molecule has 0 aliphatic carbocycles. The Labute approximate surface area is 185 Å². The lowest BCUT2D eigenvalue weighted by atomic mass is 10.1. The zero-order valence-electron chi connectivity index (χ0n) is 17.0. The molecule has 3 aromatic rings. The van der Waals surface area contributed by atoms with E-state index in [9.17, 15) is 13.2 Å². The molecule has 0 bridgehead atoms. The van der Waals surface area contributed by atoms with Crippen LogP contribution in [0.25, 0.3) is 0 Å². The van der Waals surface area contributed by atoms with Crippen molar-refractivity contribution in [3.63, 3.8) is 0 Å². The van der Waals surface area contributed by atoms with Gasteiger partial charge >= 0.3 is 0 Å². The molecule has 0 unspecified atom stereocenters. The first-order valence-corrected chi connectivity index (χ1v) is 11.4. The lowest BCUT2D eigenvalue weighted by Crippen LogP contribution is -2.26. The van der Waals surface area contributed by atoms with E-state index in [0.717, 1.165) is 12.8 Å². The first-order valence-electron chi connectivity index (χ1n) is 9.91. The number of sulfonamides is 1. The zero-order chi connectivity index (χ0) is 22.4. The van der Waals surface area contributed by atoms with Gasteiger partial charge in [0.1, 0.15) is 6.10 Å². The van der Waals surface area contributed by atoms with Crippen molar-refractivity contribution in [3.05, 3.63) is 66.6 Å². The summed E-state index contributed by atoms with van der Waals surface area (Å²) in [5.74, 6) is 0.0565. The molecule has 1 fully saturated rings. The molecule has 4 rings (SSSR count). The molecule has 2 aromatic heterocycles. The number of pyridine rings is 1. The first kappa shape index (κ1) is 21.7. The molecule has 1 amide bonds. The Morgan fingerprint density at radius 1 is 1.00 bits per heavy atom. The second kappa shape index (κ2) is 9.71. The van der Waals surface area contributed by atoms with Gasteiger partial charge in [0, 0.05) is 43.2 Å². The first-order chi connectivity index (χ1) is 15.5. The van der Waals surface area contributed by atoms with E-state index >= 15 is 0 Å². The highest BCUT2D eigenvalue weighted by Crippen LogP contribution is 2.19. The van der Waals surface area contributed by atoms with Crippen molar-refractivity contribution in [1.29, 1.82) is 0 Å². The Bertz CT molecular complexity index is 1150. The maximum Gasteiger partial charge on any atom is 0.264 e. The summed E-state index contributed by atoms with van der Waals surface area (Å²) in [6, 6.07) is 10.6. The number of nitrogens with zero attached hydrogens (tertiary/aromatic N) is 3. The van der Waals surface area contributed by atoms with Crippen molar-refractivity contribution in [2.24, 2.45) is 0 Å². The number of carbonyl (C=O) groups is 1. The van der Waals surface area contributed by atoms with E-state index in [-0.39, 0.29) is 22.9 Å². The number of hydrogen-bond donors (Lipinski definition) is 2. The Balaban J connectivity index is 1.36. The Morgan fingerprint density at radius 3 is 2.38 bits per heavy atom. The van der Waals surface area contributed by atoms with E-state index in [1.807, 2.05) is 0 Å². The van der Waals surface area contributed by atoms with Crippen molar-refractivity contribution in [1.82, 2.24) is 15.0 Å². The van der Waals surface area contributed by atoms with Gasteiger partial charge < -0.3 is 14.8 Å². The van der Waals surface area contributed by atoms with Crippen LogP contribution in [-0.4, -0.2) is 48.6 Å². The maximum atomic E-state index is 12.5. The topological polar surface area (TPSA) is 132 Å². The summed E-state index contributed by atoms with van der Waals surface area (Å²) in [6.45, 7) is 1.34. The fraction of sp³-hybridized carbons (Fsp3) is 0.238. The van der Waals surface area contributed by atoms with Crippen LogP contribution in [0.3, 0.4) is 0 Å². The summed E-state index contributed by atoms with van der Waals surface area (Å²) < 4.78 is 38.2. The van der Waals surface area contributed by atoms with E-state index in [1.54, 1.807) is 18.2 Å². The smallest absolute Gasteiger partial charge is 0.264 e. The van der Waals surface area contributed by atoms with Gasteiger partial charge in [0.2, 0.25) is 11.8 Å². The van der Waals surface area contributed by atoms with Gasteiger partial charge in [-0.2, -0.15) is 0 Å². The third kappa shape index (κ3) is 5.56. The average Bonchev–Trinajstić information content (AvgIpc) is 2.81. The Hall–Kier alpha value is -3.57. The highest BCUT2D eigenvalue weighted by molar-refractivity contribution is 7.92. The second-order valence-electron chi connectivity index (χ2n) is 6.97. The molecule has 11 heteroatoms. The molecule has 0 atom stereocenters. The van der Waals surface area contributed by atoms with Crippen LogP contribution < -0.4 is 14.8 Å². The summed E-state index contributed by atoms with van der Waals surface area (Å²) in [7, 11) is -3.85. The van der Waals surface area contributed by atoms with Gasteiger partial charge in [-0.3, -0.25) is 4.79 Å². The van der Waals surface area contributed by atoms with Crippen LogP contribution in [-0.2, 0) is 14.8 Å². The third-order valence-electron chi connectivity index (χ3n) is 4.67. The van der Waals surface area contributed by atoms with Crippen molar-refractivity contribution in [3.8, 4) is 5.88 Å². The van der Waals surface area contributed by atoms with E-state index in [2.05, 4.69) is 25.0 Å². The second-order valence-corrected chi connectivity index (χ2v) is 8.65. The van der Waals surface area contributed by atoms with Crippen molar-refractivity contribution in [2.75, 3.05) is 23.3 Å². The number of hydrogen-bond acceptors (Lipinski definition) is 8. The van der Waals surface area contributed by atoms with Crippen LogP contribution in [0.4, 0.5) is 11.6 Å². The summed E-state index contributed by atoms with van der Waals surface area (Å²) in [6.07, 6.45) is 5.98. The molecule has 0 saturated carbocycles. The zero-order valence-corrected chi connectivity index (χ0v) is 17.8. The van der Waals surface area contributed by atoms with Gasteiger partial charge in [-0.05, 0) is 36.4 Å². The Morgan fingerprint density at radius 2 is 1.72 bits per heavy atom. The van der Waals surface area contributed by atoms with E-state index in [4.69, 9.17) is 9.47 Å². The van der Waals surface area contributed by atoms with Crippen molar-refractivity contribution >= 4 is 27.6 Å². The molecule has 10 nitrogen and oxygen atoms in total. The van der Waals surface area contributed by atoms with Crippen LogP contribution in [0, 0.1) is 0 Å². The minimum Gasteiger partial charge on any atom is -0.474 e. The van der Waals surface area contributed by atoms with Gasteiger partial charge in [-0.15, -0.1) is 0 Å². The van der Waals surface area contributed by atoms with E-state index < -0.39 is 10.0 Å². The van der Waals surface area contributed by atoms with Gasteiger partial charge in [0.05, 0.1) is 23.7 Å². The number of nitrogens with one attached hydrogen (secondary N) is 2. The number of carbonyl (C=O) groups excluding carboxylic acids is 1. The summed E-state index contributed by atoms with van der Waals surface area (Å²) in [5, 5.41) is 2.71. The van der Waals surface area contributed by atoms with Gasteiger partial charge in [0.25, 0.3) is 15.9 Å². The number of ether oxygens (including phenoxy) is 2. The average molecular weight is 455 g/mol. The molecular formula is C21H21N5O5S. The number of rotatable bonds is 7. The SMILES string of the molecule is O=C(Nc1ccc(S(=O)(=O)Nc2ncccn2)cc1)c1ccc(OC2CCOCC2)nc1. The minimum atomic E-state index is -3.85. The molecule has 1 aliphatic rings. The predicted molar refractivity (Wildman–Crippen MR) is 116 cm³/mol. The fourth-order valence-electron chi connectivity index (χ4n) is 3.00. The molecule has 32 heavy (non-hydrogen) atoms. The molecule has 166 valence electrons. The van der Waals surface area contributed by atoms with Crippen LogP contribution >= 0.6 is 0 Å². The predicted octanol–water partition coefficient (Wildman–Crippen LogP) is 2.48. The molecule has 1 saturated heterocycles.